The second-order valence-electron chi connectivity index (χ2n) is 10.8. The van der Waals surface area contributed by atoms with E-state index < -0.39 is 35.5 Å². The van der Waals surface area contributed by atoms with Gasteiger partial charge in [-0.15, -0.1) is 0 Å². The smallest absolute Gasteiger partial charge is 0.416 e. The molecule has 212 valence electrons. The Balaban J connectivity index is 1.28. The molecule has 0 aliphatic heterocycles. The summed E-state index contributed by atoms with van der Waals surface area (Å²) in [6.45, 7) is 3.86. The lowest BCUT2D eigenvalue weighted by Crippen LogP contribution is -2.18. The number of hydrogen-bond donors (Lipinski definition) is 1. The van der Waals surface area contributed by atoms with Crippen molar-refractivity contribution in [1.29, 1.82) is 0 Å². The molecule has 1 saturated carbocycles. The van der Waals surface area contributed by atoms with Gasteiger partial charge in [-0.1, -0.05) is 30.9 Å². The summed E-state index contributed by atoms with van der Waals surface area (Å²) in [7, 11) is 0. The topological polar surface area (TPSA) is 77.2 Å². The zero-order valence-electron chi connectivity index (χ0n) is 21.9. The summed E-state index contributed by atoms with van der Waals surface area (Å²) in [6.07, 6.45) is 4.19. The molecule has 5 atom stereocenters. The number of hydrogen-bond acceptors (Lipinski definition) is 4. The molecule has 2 aromatic heterocycles. The van der Waals surface area contributed by atoms with Crippen molar-refractivity contribution in [3.8, 4) is 5.88 Å². The first kappa shape index (κ1) is 27.0. The van der Waals surface area contributed by atoms with Gasteiger partial charge >= 0.3 is 12.1 Å². The zero-order chi connectivity index (χ0) is 28.9. The third-order valence-electron chi connectivity index (χ3n) is 8.40. The van der Waals surface area contributed by atoms with E-state index in [0.29, 0.717) is 12.0 Å². The third kappa shape index (κ3) is 5.18. The Morgan fingerprint density at radius 1 is 1.20 bits per heavy atom. The molecule has 1 N–H and O–H groups in total. The maximum absolute atomic E-state index is 15.6. The number of ether oxygens (including phenoxy) is 1. The summed E-state index contributed by atoms with van der Waals surface area (Å²) in [4.78, 5) is 15.7. The summed E-state index contributed by atoms with van der Waals surface area (Å²) < 4.78 is 64.9. The summed E-state index contributed by atoms with van der Waals surface area (Å²) in [5.74, 6) is -2.04. The van der Waals surface area contributed by atoms with E-state index in [1.165, 1.54) is 18.2 Å². The van der Waals surface area contributed by atoms with Crippen LogP contribution < -0.4 is 4.74 Å². The number of aliphatic carboxylic acids is 1. The van der Waals surface area contributed by atoms with Crippen molar-refractivity contribution in [1.82, 2.24) is 14.8 Å². The second kappa shape index (κ2) is 10.3. The fraction of sp³-hybridized carbons (Fsp3) is 0.323. The molecule has 6 nitrogen and oxygen atoms in total. The van der Waals surface area contributed by atoms with Gasteiger partial charge in [0.15, 0.2) is 0 Å². The molecule has 2 heterocycles. The second-order valence-corrected chi connectivity index (χ2v) is 10.8. The lowest BCUT2D eigenvalue weighted by Gasteiger charge is -2.26. The number of fused-ring (bicyclic) bond motifs is 3. The van der Waals surface area contributed by atoms with Crippen molar-refractivity contribution in [3.05, 3.63) is 113 Å². The van der Waals surface area contributed by atoms with E-state index in [-0.39, 0.29) is 54.2 Å². The van der Waals surface area contributed by atoms with Crippen molar-refractivity contribution in [2.75, 3.05) is 6.61 Å². The van der Waals surface area contributed by atoms with Gasteiger partial charge in [0.2, 0.25) is 5.88 Å². The van der Waals surface area contributed by atoms with E-state index in [1.54, 1.807) is 47.5 Å². The summed E-state index contributed by atoms with van der Waals surface area (Å²) in [5, 5.41) is 13.6. The number of carbonyl (C=O) groups is 1. The predicted molar refractivity (Wildman–Crippen MR) is 142 cm³/mol. The van der Waals surface area contributed by atoms with Gasteiger partial charge in [0.25, 0.3) is 0 Å². The largest absolute Gasteiger partial charge is 0.481 e. The molecule has 1 fully saturated rings. The summed E-state index contributed by atoms with van der Waals surface area (Å²) >= 11 is 0. The Labute approximate surface area is 233 Å². The van der Waals surface area contributed by atoms with E-state index in [9.17, 15) is 23.1 Å². The first-order chi connectivity index (χ1) is 19.6. The molecule has 3 aromatic rings. The number of benzene rings is 1. The van der Waals surface area contributed by atoms with Crippen LogP contribution in [-0.4, -0.2) is 32.4 Å². The van der Waals surface area contributed by atoms with Crippen LogP contribution in [0.25, 0.3) is 0 Å². The normalized spacial score (nSPS) is 28.2. The minimum Gasteiger partial charge on any atom is -0.481 e. The molecular weight excluding hydrogens is 538 g/mol. The molecule has 6 rings (SSSR count). The highest BCUT2D eigenvalue weighted by molar-refractivity contribution is 5.77. The number of allylic oxidation sites excluding steroid dienone is 3. The van der Waals surface area contributed by atoms with E-state index in [1.807, 2.05) is 0 Å². The van der Waals surface area contributed by atoms with Crippen molar-refractivity contribution in [3.63, 3.8) is 0 Å². The number of carboxylic acid groups (broad SMARTS) is 1. The van der Waals surface area contributed by atoms with Crippen LogP contribution >= 0.6 is 0 Å². The van der Waals surface area contributed by atoms with Crippen LogP contribution in [0.3, 0.4) is 0 Å². The van der Waals surface area contributed by atoms with Crippen molar-refractivity contribution < 1.29 is 32.2 Å². The van der Waals surface area contributed by atoms with E-state index in [0.717, 1.165) is 17.2 Å². The van der Waals surface area contributed by atoms with E-state index >= 15 is 4.39 Å². The number of pyridine rings is 1. The van der Waals surface area contributed by atoms with Gasteiger partial charge in [-0.3, -0.25) is 9.48 Å². The fourth-order valence-corrected chi connectivity index (χ4v) is 6.32. The quantitative estimate of drug-likeness (QED) is 0.333. The van der Waals surface area contributed by atoms with Crippen molar-refractivity contribution in [2.45, 2.75) is 43.3 Å². The molecule has 3 aliphatic carbocycles. The average Bonchev–Trinajstić information content (AvgIpc) is 3.24. The maximum atomic E-state index is 15.6. The highest BCUT2D eigenvalue weighted by Gasteiger charge is 2.60. The molecule has 0 saturated heterocycles. The van der Waals surface area contributed by atoms with Gasteiger partial charge in [0.1, 0.15) is 12.4 Å². The summed E-state index contributed by atoms with van der Waals surface area (Å²) in [6, 6.07) is 8.36. The Bertz CT molecular complexity index is 1560. The van der Waals surface area contributed by atoms with Crippen LogP contribution in [0.4, 0.5) is 17.6 Å². The molecule has 41 heavy (non-hydrogen) atoms. The van der Waals surface area contributed by atoms with Crippen LogP contribution in [0, 0.1) is 11.8 Å². The third-order valence-corrected chi connectivity index (χ3v) is 8.40. The lowest BCUT2D eigenvalue weighted by atomic mass is 9.84. The van der Waals surface area contributed by atoms with E-state index in [4.69, 9.17) is 4.74 Å². The van der Waals surface area contributed by atoms with E-state index in [2.05, 4.69) is 16.7 Å². The van der Waals surface area contributed by atoms with Gasteiger partial charge < -0.3 is 9.84 Å². The van der Waals surface area contributed by atoms with Gasteiger partial charge in [-0.25, -0.2) is 9.37 Å². The van der Waals surface area contributed by atoms with Crippen LogP contribution in [0.15, 0.2) is 90.7 Å². The average molecular weight is 566 g/mol. The highest BCUT2D eigenvalue weighted by Crippen LogP contribution is 2.61. The Morgan fingerprint density at radius 3 is 2.73 bits per heavy atom. The molecule has 0 amide bonds. The van der Waals surface area contributed by atoms with Crippen LogP contribution in [0.2, 0.25) is 0 Å². The number of rotatable bonds is 6. The highest BCUT2D eigenvalue weighted by atomic mass is 19.4. The molecule has 3 aliphatic rings. The molecule has 10 heteroatoms. The number of nitrogens with zero attached hydrogens (tertiary/aromatic N) is 3. The number of halogens is 4. The van der Waals surface area contributed by atoms with Gasteiger partial charge in [-0.2, -0.15) is 18.3 Å². The first-order valence-electron chi connectivity index (χ1n) is 13.4. The van der Waals surface area contributed by atoms with Crippen LogP contribution in [0.1, 0.15) is 53.0 Å². The van der Waals surface area contributed by atoms with Crippen LogP contribution in [-0.2, 0) is 17.4 Å². The fourth-order valence-electron chi connectivity index (χ4n) is 6.32. The monoisotopic (exact) mass is 565 g/mol. The Morgan fingerprint density at radius 2 is 2.00 bits per heavy atom. The number of alkyl halides is 3. The minimum atomic E-state index is -4.54. The predicted octanol–water partition coefficient (Wildman–Crippen LogP) is 6.80. The maximum Gasteiger partial charge on any atom is 0.416 e. The Hall–Kier alpha value is -4.21. The number of aromatic nitrogens is 3. The van der Waals surface area contributed by atoms with Crippen molar-refractivity contribution >= 4 is 5.97 Å². The molecule has 2 unspecified atom stereocenters. The lowest BCUT2D eigenvalue weighted by molar-refractivity contribution is -0.139. The zero-order valence-corrected chi connectivity index (χ0v) is 21.9. The molecule has 0 spiro atoms. The summed E-state index contributed by atoms with van der Waals surface area (Å²) in [5.41, 5.74) is 1.84. The molecular formula is C31H27F4N3O3. The molecule has 1 aromatic carbocycles. The first-order valence-corrected chi connectivity index (χ1v) is 13.4. The minimum absolute atomic E-state index is 0.0215. The molecule has 0 bridgehead atoms. The van der Waals surface area contributed by atoms with Gasteiger partial charge in [0.05, 0.1) is 17.5 Å². The van der Waals surface area contributed by atoms with Crippen molar-refractivity contribution in [2.24, 2.45) is 11.8 Å². The molecule has 0 radical (unpaired) electrons. The van der Waals surface area contributed by atoms with Gasteiger partial charge in [0, 0.05) is 36.1 Å². The SMILES string of the molecule is C=C1/C=C(F)\C(COc2cc3c(cn2)[C@H]2[C@@H](C3)[C@@H]2C(=O)O)=C/CC(c2ccccc2C(F)(F)F)CC1n1cccn1. The standard InChI is InChI=1S/C31H27F4N3O3/c1-17-11-25(32)19(16-41-27-14-20-12-22-28(23(20)15-36-27)29(22)30(39)40)8-7-18(13-26(17)38-10-4-9-37-38)21-5-2-3-6-24(21)31(33,34)35/h2-6,8-11,14-15,18,22,26,28-29H,1,7,12-13,16H2,(H,39,40)/b19-8-,25-11+/t18?,22-,26?,28-,29+/m1/s1. The van der Waals surface area contributed by atoms with Gasteiger partial charge in [-0.05, 0) is 71.6 Å². The Kier molecular flexibility index (Phi) is 6.79. The number of carboxylic acids is 1. The van der Waals surface area contributed by atoms with Crippen LogP contribution in [0.5, 0.6) is 5.88 Å².